The van der Waals surface area contributed by atoms with Crippen LogP contribution in [-0.4, -0.2) is 56.5 Å². The molecule has 6 nitrogen and oxygen atoms in total. The number of anilines is 1. The number of amides is 1. The van der Waals surface area contributed by atoms with Gasteiger partial charge in [-0.05, 0) is 50.6 Å². The Morgan fingerprint density at radius 2 is 1.89 bits per heavy atom. The van der Waals surface area contributed by atoms with E-state index < -0.39 is 0 Å². The Labute approximate surface area is 188 Å². The minimum atomic E-state index is -0.0116. The molecule has 0 aromatic heterocycles. The number of rotatable bonds is 7. The average Bonchev–Trinajstić information content (AvgIpc) is 2.64. The molecule has 0 spiro atoms. The molecule has 8 heteroatoms. The SMILES string of the molecule is CN=C(NCCC(=O)Nc1cc(Br)ccc1C)NCCN1CCCCC1.I. The van der Waals surface area contributed by atoms with E-state index >= 15 is 0 Å². The molecule has 1 aliphatic rings. The molecule has 3 N–H and O–H groups in total. The van der Waals surface area contributed by atoms with Gasteiger partial charge in [0.05, 0.1) is 0 Å². The van der Waals surface area contributed by atoms with Crippen LogP contribution in [0, 0.1) is 6.92 Å². The van der Waals surface area contributed by atoms with Gasteiger partial charge in [-0.1, -0.05) is 28.4 Å². The Morgan fingerprint density at radius 1 is 1.19 bits per heavy atom. The predicted octanol–water partition coefficient (Wildman–Crippen LogP) is 3.36. The largest absolute Gasteiger partial charge is 0.356 e. The molecule has 1 aromatic rings. The van der Waals surface area contributed by atoms with E-state index in [4.69, 9.17) is 0 Å². The van der Waals surface area contributed by atoms with Gasteiger partial charge in [0.25, 0.3) is 0 Å². The van der Waals surface area contributed by atoms with E-state index in [1.807, 2.05) is 25.1 Å². The number of aliphatic imine (C=N–C) groups is 1. The maximum absolute atomic E-state index is 12.1. The van der Waals surface area contributed by atoms with Gasteiger partial charge >= 0.3 is 0 Å². The highest BCUT2D eigenvalue weighted by Crippen LogP contribution is 2.20. The molecule has 0 aliphatic carbocycles. The van der Waals surface area contributed by atoms with E-state index in [0.29, 0.717) is 13.0 Å². The quantitative estimate of drug-likeness (QED) is 0.276. The van der Waals surface area contributed by atoms with Crippen molar-refractivity contribution >= 4 is 57.5 Å². The highest BCUT2D eigenvalue weighted by molar-refractivity contribution is 14.0. The summed E-state index contributed by atoms with van der Waals surface area (Å²) in [4.78, 5) is 18.8. The third-order valence-corrected chi connectivity index (χ3v) is 5.00. The van der Waals surface area contributed by atoms with Gasteiger partial charge < -0.3 is 20.9 Å². The number of carbonyl (C=O) groups excluding carboxylic acids is 1. The molecule has 1 heterocycles. The number of nitrogens with zero attached hydrogens (tertiary/aromatic N) is 2. The molecular formula is C19H31BrIN5O. The Morgan fingerprint density at radius 3 is 2.59 bits per heavy atom. The van der Waals surface area contributed by atoms with Crippen LogP contribution < -0.4 is 16.0 Å². The van der Waals surface area contributed by atoms with Crippen molar-refractivity contribution in [2.75, 3.05) is 45.1 Å². The average molecular weight is 552 g/mol. The Hall–Kier alpha value is -0.870. The van der Waals surface area contributed by atoms with Crippen molar-refractivity contribution in [3.8, 4) is 0 Å². The molecule has 1 aromatic carbocycles. The molecule has 2 rings (SSSR count). The van der Waals surface area contributed by atoms with Crippen LogP contribution in [0.3, 0.4) is 0 Å². The first-order valence-electron chi connectivity index (χ1n) is 9.31. The lowest BCUT2D eigenvalue weighted by Gasteiger charge is -2.26. The maximum Gasteiger partial charge on any atom is 0.226 e. The Bertz CT molecular complexity index is 620. The molecule has 1 fully saturated rings. The maximum atomic E-state index is 12.1. The van der Waals surface area contributed by atoms with Crippen LogP contribution in [0.5, 0.6) is 0 Å². The zero-order chi connectivity index (χ0) is 18.8. The summed E-state index contributed by atoms with van der Waals surface area (Å²) in [6.07, 6.45) is 4.35. The van der Waals surface area contributed by atoms with Crippen molar-refractivity contribution < 1.29 is 4.79 Å². The lowest BCUT2D eigenvalue weighted by Crippen LogP contribution is -2.43. The summed E-state index contributed by atoms with van der Waals surface area (Å²) >= 11 is 3.43. The van der Waals surface area contributed by atoms with Crippen molar-refractivity contribution in [3.05, 3.63) is 28.2 Å². The second-order valence-corrected chi connectivity index (χ2v) is 7.50. The number of hydrogen-bond acceptors (Lipinski definition) is 3. The molecule has 152 valence electrons. The minimum Gasteiger partial charge on any atom is -0.356 e. The number of nitrogens with one attached hydrogen (secondary N) is 3. The van der Waals surface area contributed by atoms with Crippen LogP contribution in [0.2, 0.25) is 0 Å². The number of guanidine groups is 1. The zero-order valence-corrected chi connectivity index (χ0v) is 20.1. The van der Waals surface area contributed by atoms with Gasteiger partial charge in [0.1, 0.15) is 0 Å². The minimum absolute atomic E-state index is 0. The van der Waals surface area contributed by atoms with Crippen LogP contribution in [-0.2, 0) is 4.79 Å². The Balaban J connectivity index is 0.00000364. The van der Waals surface area contributed by atoms with Crippen LogP contribution in [0.25, 0.3) is 0 Å². The molecule has 1 saturated heterocycles. The molecular weight excluding hydrogens is 521 g/mol. The second kappa shape index (κ2) is 13.3. The molecule has 0 unspecified atom stereocenters. The molecule has 1 amide bonds. The summed E-state index contributed by atoms with van der Waals surface area (Å²) in [6, 6.07) is 5.86. The van der Waals surface area contributed by atoms with Gasteiger partial charge in [-0.2, -0.15) is 0 Å². The smallest absolute Gasteiger partial charge is 0.226 e. The van der Waals surface area contributed by atoms with Crippen molar-refractivity contribution in [3.63, 3.8) is 0 Å². The third-order valence-electron chi connectivity index (χ3n) is 4.51. The zero-order valence-electron chi connectivity index (χ0n) is 16.2. The summed E-state index contributed by atoms with van der Waals surface area (Å²) < 4.78 is 0.954. The Kier molecular flexibility index (Phi) is 11.9. The summed E-state index contributed by atoms with van der Waals surface area (Å²) in [5.41, 5.74) is 1.89. The van der Waals surface area contributed by atoms with Gasteiger partial charge in [-0.25, -0.2) is 0 Å². The summed E-state index contributed by atoms with van der Waals surface area (Å²) in [7, 11) is 1.75. The summed E-state index contributed by atoms with van der Waals surface area (Å²) in [6.45, 7) is 6.81. The second-order valence-electron chi connectivity index (χ2n) is 6.59. The van der Waals surface area contributed by atoms with Crippen molar-refractivity contribution in [2.24, 2.45) is 4.99 Å². The third kappa shape index (κ3) is 9.25. The molecule has 0 saturated carbocycles. The highest BCUT2D eigenvalue weighted by atomic mass is 127. The number of aryl methyl sites for hydroxylation is 1. The first kappa shape index (κ1) is 24.2. The fraction of sp³-hybridized carbons (Fsp3) is 0.579. The van der Waals surface area contributed by atoms with Gasteiger partial charge in [-0.3, -0.25) is 9.79 Å². The van der Waals surface area contributed by atoms with E-state index in [1.165, 1.54) is 32.4 Å². The number of likely N-dealkylation sites (tertiary alicyclic amines) is 1. The fourth-order valence-electron chi connectivity index (χ4n) is 2.97. The molecule has 27 heavy (non-hydrogen) atoms. The van der Waals surface area contributed by atoms with Gasteiger partial charge in [0.2, 0.25) is 5.91 Å². The van der Waals surface area contributed by atoms with Gasteiger partial charge in [0, 0.05) is 43.3 Å². The normalized spacial score (nSPS) is 15.0. The van der Waals surface area contributed by atoms with Crippen molar-refractivity contribution in [2.45, 2.75) is 32.6 Å². The topological polar surface area (TPSA) is 68.8 Å². The van der Waals surface area contributed by atoms with Crippen LogP contribution >= 0.6 is 39.9 Å². The first-order valence-corrected chi connectivity index (χ1v) is 10.1. The van der Waals surface area contributed by atoms with Crippen molar-refractivity contribution in [1.82, 2.24) is 15.5 Å². The van der Waals surface area contributed by atoms with Crippen LogP contribution in [0.4, 0.5) is 5.69 Å². The van der Waals surface area contributed by atoms with E-state index in [0.717, 1.165) is 34.8 Å². The number of hydrogen-bond donors (Lipinski definition) is 3. The molecule has 0 bridgehead atoms. The lowest BCUT2D eigenvalue weighted by molar-refractivity contribution is -0.116. The number of benzene rings is 1. The number of piperidine rings is 1. The monoisotopic (exact) mass is 551 g/mol. The van der Waals surface area contributed by atoms with E-state index in [2.05, 4.69) is 41.8 Å². The predicted molar refractivity (Wildman–Crippen MR) is 127 cm³/mol. The van der Waals surface area contributed by atoms with E-state index in [9.17, 15) is 4.79 Å². The first-order chi connectivity index (χ1) is 12.6. The molecule has 0 radical (unpaired) electrons. The van der Waals surface area contributed by atoms with Gasteiger partial charge in [0.15, 0.2) is 5.96 Å². The highest BCUT2D eigenvalue weighted by Gasteiger charge is 2.10. The van der Waals surface area contributed by atoms with E-state index in [-0.39, 0.29) is 29.9 Å². The van der Waals surface area contributed by atoms with E-state index in [1.54, 1.807) is 7.05 Å². The fourth-order valence-corrected chi connectivity index (χ4v) is 3.33. The summed E-state index contributed by atoms with van der Waals surface area (Å²) in [5, 5.41) is 9.47. The molecule has 0 atom stereocenters. The lowest BCUT2D eigenvalue weighted by atomic mass is 10.1. The van der Waals surface area contributed by atoms with Crippen LogP contribution in [0.1, 0.15) is 31.2 Å². The summed E-state index contributed by atoms with van der Waals surface area (Å²) in [5.74, 6) is 0.732. The van der Waals surface area contributed by atoms with Crippen LogP contribution in [0.15, 0.2) is 27.7 Å². The van der Waals surface area contributed by atoms with Gasteiger partial charge in [-0.15, -0.1) is 24.0 Å². The molecule has 1 aliphatic heterocycles. The van der Waals surface area contributed by atoms with Crippen molar-refractivity contribution in [1.29, 1.82) is 0 Å². The number of carbonyl (C=O) groups is 1. The number of halogens is 2. The standard InChI is InChI=1S/C19H30BrN5O.HI/c1-15-6-7-16(20)14-17(15)24-18(26)8-9-22-19(21-2)23-10-13-25-11-4-3-5-12-25;/h6-7,14H,3-5,8-13H2,1-2H3,(H,24,26)(H2,21,22,23);1H.